The van der Waals surface area contributed by atoms with E-state index in [2.05, 4.69) is 12.1 Å². The Bertz CT molecular complexity index is 740. The zero-order valence-electron chi connectivity index (χ0n) is 14.8. The Labute approximate surface area is 149 Å². The summed E-state index contributed by atoms with van der Waals surface area (Å²) in [4.78, 5) is 28.5. The summed E-state index contributed by atoms with van der Waals surface area (Å²) < 4.78 is 0. The third-order valence-electron chi connectivity index (χ3n) is 4.83. The minimum atomic E-state index is -0.255. The second kappa shape index (κ2) is 7.51. The molecule has 0 unspecified atom stereocenters. The molecular weight excluding hydrogens is 312 g/mol. The topological polar surface area (TPSA) is 40.6 Å². The van der Waals surface area contributed by atoms with Crippen LogP contribution in [0.15, 0.2) is 54.6 Å². The lowest BCUT2D eigenvalue weighted by molar-refractivity contribution is -0.128. The van der Waals surface area contributed by atoms with Gasteiger partial charge in [-0.1, -0.05) is 48.0 Å². The van der Waals surface area contributed by atoms with Crippen molar-refractivity contribution in [2.45, 2.75) is 19.8 Å². The molecule has 2 aromatic carbocycles. The molecule has 4 nitrogen and oxygen atoms in total. The Morgan fingerprint density at radius 3 is 2.48 bits per heavy atom. The first-order valence-electron chi connectivity index (χ1n) is 8.70. The summed E-state index contributed by atoms with van der Waals surface area (Å²) in [6.07, 6.45) is 1.13. The van der Waals surface area contributed by atoms with Crippen molar-refractivity contribution < 1.29 is 9.59 Å². The van der Waals surface area contributed by atoms with E-state index >= 15 is 0 Å². The summed E-state index contributed by atoms with van der Waals surface area (Å²) in [6.45, 7) is 3.20. The van der Waals surface area contributed by atoms with E-state index in [0.29, 0.717) is 19.5 Å². The average Bonchev–Trinajstić information content (AvgIpc) is 3.01. The summed E-state index contributed by atoms with van der Waals surface area (Å²) in [5.41, 5.74) is 3.24. The molecule has 0 radical (unpaired) electrons. The normalized spacial score (nSPS) is 17.0. The van der Waals surface area contributed by atoms with E-state index in [0.717, 1.165) is 17.7 Å². The molecule has 4 heteroatoms. The van der Waals surface area contributed by atoms with Crippen LogP contribution in [0.5, 0.6) is 0 Å². The number of nitrogens with zero attached hydrogens (tertiary/aromatic N) is 2. The number of rotatable bonds is 5. The molecule has 0 N–H and O–H groups in total. The molecule has 25 heavy (non-hydrogen) atoms. The van der Waals surface area contributed by atoms with Crippen LogP contribution >= 0.6 is 0 Å². The average molecular weight is 336 g/mol. The molecule has 0 spiro atoms. The maximum atomic E-state index is 12.7. The second-order valence-electron chi connectivity index (χ2n) is 6.71. The Balaban J connectivity index is 1.59. The minimum Gasteiger partial charge on any atom is -0.342 e. The molecule has 3 rings (SSSR count). The molecule has 1 heterocycles. The molecule has 1 saturated heterocycles. The number of anilines is 1. The Morgan fingerprint density at radius 1 is 1.12 bits per heavy atom. The van der Waals surface area contributed by atoms with Crippen LogP contribution in [0.1, 0.15) is 17.5 Å². The van der Waals surface area contributed by atoms with E-state index in [1.165, 1.54) is 5.56 Å². The van der Waals surface area contributed by atoms with Crippen LogP contribution < -0.4 is 4.90 Å². The highest BCUT2D eigenvalue weighted by Gasteiger charge is 2.35. The first-order valence-corrected chi connectivity index (χ1v) is 8.70. The maximum Gasteiger partial charge on any atom is 0.232 e. The summed E-state index contributed by atoms with van der Waals surface area (Å²) in [7, 11) is 1.78. The van der Waals surface area contributed by atoms with Gasteiger partial charge in [0.25, 0.3) is 0 Å². The fourth-order valence-corrected chi connectivity index (χ4v) is 3.23. The zero-order chi connectivity index (χ0) is 17.8. The summed E-state index contributed by atoms with van der Waals surface area (Å²) >= 11 is 0. The SMILES string of the molecule is Cc1ccc(N(C)C(=O)[C@@H]2CC(=O)N(CCc3ccccc3)C2)cc1. The van der Waals surface area contributed by atoms with Crippen LogP contribution in [-0.4, -0.2) is 36.9 Å². The molecular formula is C21H24N2O2. The molecule has 0 saturated carbocycles. The predicted molar refractivity (Wildman–Crippen MR) is 99.4 cm³/mol. The largest absolute Gasteiger partial charge is 0.342 e. The zero-order valence-corrected chi connectivity index (χ0v) is 14.8. The standard InChI is InChI=1S/C21H24N2O2/c1-16-8-10-19(11-9-16)22(2)21(25)18-14-20(24)23(15-18)13-12-17-6-4-3-5-7-17/h3-11,18H,12-15H2,1-2H3/t18-/m1/s1. The number of carbonyl (C=O) groups is 2. The molecule has 1 aliphatic heterocycles. The minimum absolute atomic E-state index is 0.0133. The first kappa shape index (κ1) is 17.2. The molecule has 130 valence electrons. The van der Waals surface area contributed by atoms with Crippen molar-refractivity contribution in [3.8, 4) is 0 Å². The van der Waals surface area contributed by atoms with E-state index in [1.807, 2.05) is 54.3 Å². The van der Waals surface area contributed by atoms with Gasteiger partial charge in [0.2, 0.25) is 11.8 Å². The molecule has 0 aromatic heterocycles. The van der Waals surface area contributed by atoms with Crippen molar-refractivity contribution in [2.75, 3.05) is 25.0 Å². The van der Waals surface area contributed by atoms with Crippen LogP contribution in [0.25, 0.3) is 0 Å². The highest BCUT2D eigenvalue weighted by atomic mass is 16.2. The predicted octanol–water partition coefficient (Wildman–Crippen LogP) is 3.05. The summed E-state index contributed by atoms with van der Waals surface area (Å²) in [5, 5.41) is 0. The lowest BCUT2D eigenvalue weighted by atomic mass is 10.1. The second-order valence-corrected chi connectivity index (χ2v) is 6.71. The van der Waals surface area contributed by atoms with E-state index in [4.69, 9.17) is 0 Å². The van der Waals surface area contributed by atoms with Crippen molar-refractivity contribution in [3.05, 3.63) is 65.7 Å². The lowest BCUT2D eigenvalue weighted by Crippen LogP contribution is -2.35. The number of aryl methyl sites for hydroxylation is 1. The van der Waals surface area contributed by atoms with Crippen LogP contribution in [0, 0.1) is 12.8 Å². The molecule has 1 atom stereocenters. The van der Waals surface area contributed by atoms with E-state index in [1.54, 1.807) is 11.9 Å². The first-order chi connectivity index (χ1) is 12.0. The van der Waals surface area contributed by atoms with Gasteiger partial charge in [-0.3, -0.25) is 9.59 Å². The van der Waals surface area contributed by atoms with Gasteiger partial charge in [0.15, 0.2) is 0 Å². The third-order valence-corrected chi connectivity index (χ3v) is 4.83. The number of amides is 2. The van der Waals surface area contributed by atoms with Gasteiger partial charge in [-0.05, 0) is 31.0 Å². The van der Waals surface area contributed by atoms with Crippen molar-refractivity contribution in [1.82, 2.24) is 4.90 Å². The number of likely N-dealkylation sites (tertiary alicyclic amines) is 1. The molecule has 1 fully saturated rings. The van der Waals surface area contributed by atoms with Gasteiger partial charge in [0, 0.05) is 32.2 Å². The van der Waals surface area contributed by atoms with Crippen molar-refractivity contribution >= 4 is 17.5 Å². The Kier molecular flexibility index (Phi) is 5.17. The number of benzene rings is 2. The molecule has 2 aromatic rings. The number of hydrogen-bond acceptors (Lipinski definition) is 2. The lowest BCUT2D eigenvalue weighted by Gasteiger charge is -2.21. The van der Waals surface area contributed by atoms with E-state index in [9.17, 15) is 9.59 Å². The maximum absolute atomic E-state index is 12.7. The van der Waals surface area contributed by atoms with Crippen molar-refractivity contribution in [1.29, 1.82) is 0 Å². The summed E-state index contributed by atoms with van der Waals surface area (Å²) in [6, 6.07) is 18.0. The van der Waals surface area contributed by atoms with Gasteiger partial charge in [0.05, 0.1) is 5.92 Å². The number of hydrogen-bond donors (Lipinski definition) is 0. The van der Waals surface area contributed by atoms with Gasteiger partial charge >= 0.3 is 0 Å². The van der Waals surface area contributed by atoms with Crippen LogP contribution in [-0.2, 0) is 16.0 Å². The molecule has 1 aliphatic rings. The molecule has 0 bridgehead atoms. The highest BCUT2D eigenvalue weighted by Crippen LogP contribution is 2.23. The Morgan fingerprint density at radius 2 is 1.80 bits per heavy atom. The van der Waals surface area contributed by atoms with E-state index in [-0.39, 0.29) is 17.7 Å². The highest BCUT2D eigenvalue weighted by molar-refractivity contribution is 5.98. The molecule has 0 aliphatic carbocycles. The van der Waals surface area contributed by atoms with Gasteiger partial charge in [-0.2, -0.15) is 0 Å². The fourth-order valence-electron chi connectivity index (χ4n) is 3.23. The van der Waals surface area contributed by atoms with Gasteiger partial charge in [0.1, 0.15) is 0 Å². The fraction of sp³-hybridized carbons (Fsp3) is 0.333. The quantitative estimate of drug-likeness (QED) is 0.842. The van der Waals surface area contributed by atoms with Crippen LogP contribution in [0.4, 0.5) is 5.69 Å². The van der Waals surface area contributed by atoms with Crippen molar-refractivity contribution in [2.24, 2.45) is 5.92 Å². The van der Waals surface area contributed by atoms with Gasteiger partial charge in [-0.15, -0.1) is 0 Å². The van der Waals surface area contributed by atoms with Gasteiger partial charge in [-0.25, -0.2) is 0 Å². The molecule has 2 amide bonds. The third kappa shape index (κ3) is 4.08. The smallest absolute Gasteiger partial charge is 0.232 e. The summed E-state index contributed by atoms with van der Waals surface area (Å²) in [5.74, 6) is -0.166. The van der Waals surface area contributed by atoms with Crippen LogP contribution in [0.3, 0.4) is 0 Å². The number of carbonyl (C=O) groups excluding carboxylic acids is 2. The van der Waals surface area contributed by atoms with Crippen molar-refractivity contribution in [3.63, 3.8) is 0 Å². The van der Waals surface area contributed by atoms with Gasteiger partial charge < -0.3 is 9.80 Å². The monoisotopic (exact) mass is 336 g/mol. The van der Waals surface area contributed by atoms with Crippen LogP contribution in [0.2, 0.25) is 0 Å². The Hall–Kier alpha value is -2.62. The van der Waals surface area contributed by atoms with E-state index < -0.39 is 0 Å².